The molecule has 3 amide bonds. The van der Waals surface area contributed by atoms with Crippen LogP contribution in [0, 0.1) is 17.6 Å². The van der Waals surface area contributed by atoms with Crippen LogP contribution >= 0.6 is 46.6 Å². The topological polar surface area (TPSA) is 87.3 Å². The number of anilines is 3. The van der Waals surface area contributed by atoms with E-state index in [0.29, 0.717) is 6.07 Å². The Labute approximate surface area is 220 Å². The predicted molar refractivity (Wildman–Crippen MR) is 129 cm³/mol. The van der Waals surface area contributed by atoms with E-state index in [-0.39, 0.29) is 22.7 Å². The quantitative estimate of drug-likeness (QED) is 0.251. The van der Waals surface area contributed by atoms with Gasteiger partial charge in [-0.05, 0) is 55.4 Å². The van der Waals surface area contributed by atoms with Crippen molar-refractivity contribution in [3.8, 4) is 0 Å². The Hall–Kier alpha value is -2.28. The van der Waals surface area contributed by atoms with Crippen molar-refractivity contribution in [3.63, 3.8) is 0 Å². The van der Waals surface area contributed by atoms with Crippen LogP contribution < -0.4 is 16.0 Å². The summed E-state index contributed by atoms with van der Waals surface area (Å²) in [6.07, 6.45) is 0.249. The molecule has 36 heavy (non-hydrogen) atoms. The summed E-state index contributed by atoms with van der Waals surface area (Å²) < 4.78 is 65.3. The number of carbonyl (C=O) groups excluding carboxylic acids is 3. The molecule has 0 aliphatic heterocycles. The van der Waals surface area contributed by atoms with Crippen molar-refractivity contribution in [2.75, 3.05) is 16.0 Å². The molecule has 0 bridgehead atoms. The Morgan fingerprint density at radius 2 is 1.72 bits per heavy atom. The maximum Gasteiger partial charge on any atom is 0.442 e. The van der Waals surface area contributed by atoms with Gasteiger partial charge < -0.3 is 16.0 Å². The van der Waals surface area contributed by atoms with Gasteiger partial charge in [0, 0.05) is 5.69 Å². The molecule has 1 aliphatic carbocycles. The maximum absolute atomic E-state index is 14.9. The summed E-state index contributed by atoms with van der Waals surface area (Å²) in [5.41, 5.74) is -6.42. The van der Waals surface area contributed by atoms with Gasteiger partial charge in [-0.1, -0.05) is 11.6 Å². The molecule has 3 N–H and O–H groups in total. The third-order valence-corrected chi connectivity index (χ3v) is 6.89. The average molecular weight is 591 g/mol. The predicted octanol–water partition coefficient (Wildman–Crippen LogP) is 6.58. The van der Waals surface area contributed by atoms with Crippen molar-refractivity contribution < 1.29 is 36.3 Å². The van der Waals surface area contributed by atoms with E-state index >= 15 is 0 Å². The number of halogens is 8. The number of nitrogens with one attached hydrogen (secondary N) is 3. The van der Waals surface area contributed by atoms with Gasteiger partial charge in [0.15, 0.2) is 5.82 Å². The van der Waals surface area contributed by atoms with Gasteiger partial charge >= 0.3 is 5.51 Å². The fourth-order valence-corrected chi connectivity index (χ4v) is 4.21. The van der Waals surface area contributed by atoms with E-state index in [9.17, 15) is 36.3 Å². The molecule has 0 saturated heterocycles. The maximum atomic E-state index is 14.9. The van der Waals surface area contributed by atoms with Crippen molar-refractivity contribution in [2.45, 2.75) is 28.4 Å². The molecule has 0 aromatic heterocycles. The first-order chi connectivity index (χ1) is 16.6. The van der Waals surface area contributed by atoms with Gasteiger partial charge in [0.2, 0.25) is 11.8 Å². The van der Waals surface area contributed by atoms with Gasteiger partial charge in [0.1, 0.15) is 15.8 Å². The molecule has 15 heteroatoms. The van der Waals surface area contributed by atoms with E-state index in [2.05, 4.69) is 10.6 Å². The van der Waals surface area contributed by atoms with Crippen LogP contribution in [0.15, 0.2) is 30.3 Å². The first kappa shape index (κ1) is 28.3. The molecule has 1 saturated carbocycles. The number of thioether (sulfide) groups is 1. The van der Waals surface area contributed by atoms with E-state index < -0.39 is 73.5 Å². The number of amides is 3. The van der Waals surface area contributed by atoms with Gasteiger partial charge in [-0.2, -0.15) is 13.2 Å². The molecule has 3 rings (SSSR count). The van der Waals surface area contributed by atoms with Gasteiger partial charge in [-0.15, -0.1) is 23.2 Å². The minimum absolute atomic E-state index is 0.0741. The number of rotatable bonds is 7. The molecule has 2 aromatic rings. The van der Waals surface area contributed by atoms with Crippen LogP contribution in [-0.4, -0.2) is 32.8 Å². The molecule has 0 heterocycles. The summed E-state index contributed by atoms with van der Waals surface area (Å²) in [5.74, 6) is -6.12. The summed E-state index contributed by atoms with van der Waals surface area (Å²) in [5, 5.41) is 4.65. The molecular weight excluding hydrogens is 576 g/mol. The van der Waals surface area contributed by atoms with Gasteiger partial charge in [-0.3, -0.25) is 14.4 Å². The average Bonchev–Trinajstić information content (AvgIpc) is 3.41. The minimum Gasteiger partial charge on any atom is -0.326 e. The van der Waals surface area contributed by atoms with Crippen LogP contribution in [0.3, 0.4) is 0 Å². The smallest absolute Gasteiger partial charge is 0.326 e. The number of hydrogen-bond donors (Lipinski definition) is 3. The monoisotopic (exact) mass is 589 g/mol. The first-order valence-corrected chi connectivity index (χ1v) is 11.9. The summed E-state index contributed by atoms with van der Waals surface area (Å²) in [6, 6.07) is 5.44. The van der Waals surface area contributed by atoms with Crippen LogP contribution in [0.25, 0.3) is 0 Å². The van der Waals surface area contributed by atoms with E-state index in [1.165, 1.54) is 18.2 Å². The first-order valence-electron chi connectivity index (χ1n) is 9.92. The standard InChI is InChI=1S/C21H15Cl3F5N3O3S/c1-8(36-21(27,28)29)17(33)32-16-13(25)4-5-14(15(16)26)31-18(34)10-6-9(2-3-12(10)22)30-19(35)11-7-20(11,23)24/h2-6,8,11H,7H2,1H3,(H,30,35)(H,31,34)(H,32,33). The molecule has 6 nitrogen and oxygen atoms in total. The lowest BCUT2D eigenvalue weighted by Gasteiger charge is -2.16. The molecular formula is C21H15Cl3F5N3O3S. The summed E-state index contributed by atoms with van der Waals surface area (Å²) in [7, 11) is 0. The summed E-state index contributed by atoms with van der Waals surface area (Å²) >= 11 is 17.1. The lowest BCUT2D eigenvalue weighted by atomic mass is 10.1. The number of hydrogen-bond acceptors (Lipinski definition) is 4. The largest absolute Gasteiger partial charge is 0.442 e. The minimum atomic E-state index is -4.74. The molecule has 2 aromatic carbocycles. The lowest BCUT2D eigenvalue weighted by molar-refractivity contribution is -0.117. The highest BCUT2D eigenvalue weighted by molar-refractivity contribution is 8.01. The summed E-state index contributed by atoms with van der Waals surface area (Å²) in [4.78, 5) is 36.9. The van der Waals surface area contributed by atoms with Crippen molar-refractivity contribution in [1.29, 1.82) is 0 Å². The second-order valence-electron chi connectivity index (χ2n) is 7.63. The zero-order valence-electron chi connectivity index (χ0n) is 17.9. The normalized spacial score (nSPS) is 17.2. The Bertz CT molecular complexity index is 1230. The van der Waals surface area contributed by atoms with Crippen molar-refractivity contribution in [3.05, 3.63) is 52.6 Å². The van der Waals surface area contributed by atoms with Crippen molar-refractivity contribution >= 4 is 81.3 Å². The second-order valence-corrected chi connectivity index (χ2v) is 11.0. The number of benzene rings is 2. The van der Waals surface area contributed by atoms with Crippen LogP contribution in [0.4, 0.5) is 39.0 Å². The lowest BCUT2D eigenvalue weighted by Crippen LogP contribution is -2.26. The van der Waals surface area contributed by atoms with Crippen molar-refractivity contribution in [2.24, 2.45) is 5.92 Å². The van der Waals surface area contributed by atoms with Gasteiger partial charge in [-0.25, -0.2) is 8.78 Å². The second kappa shape index (κ2) is 10.6. The SMILES string of the molecule is CC(SC(F)(F)F)C(=O)Nc1c(F)ccc(NC(=O)c2cc(NC(=O)C3CC3(Cl)Cl)ccc2Cl)c1F. The fourth-order valence-electron chi connectivity index (χ4n) is 2.94. The van der Waals surface area contributed by atoms with Gasteiger partial charge in [0.05, 0.1) is 27.4 Å². The molecule has 1 aliphatic rings. The van der Waals surface area contributed by atoms with E-state index in [0.717, 1.165) is 13.0 Å². The van der Waals surface area contributed by atoms with E-state index in [1.54, 1.807) is 5.32 Å². The Kier molecular flexibility index (Phi) is 8.33. The van der Waals surface area contributed by atoms with Crippen LogP contribution in [0.2, 0.25) is 5.02 Å². The molecule has 194 valence electrons. The third-order valence-electron chi connectivity index (χ3n) is 4.89. The zero-order chi connectivity index (χ0) is 27.0. The number of alkyl halides is 5. The van der Waals surface area contributed by atoms with Crippen LogP contribution in [0.1, 0.15) is 23.7 Å². The van der Waals surface area contributed by atoms with Crippen molar-refractivity contribution in [1.82, 2.24) is 0 Å². The molecule has 2 atom stereocenters. The Morgan fingerprint density at radius 3 is 2.31 bits per heavy atom. The molecule has 0 spiro atoms. The summed E-state index contributed by atoms with van der Waals surface area (Å²) in [6.45, 7) is 0.909. The highest BCUT2D eigenvalue weighted by atomic mass is 35.5. The molecule has 2 unspecified atom stereocenters. The highest BCUT2D eigenvalue weighted by Gasteiger charge is 2.56. The molecule has 0 radical (unpaired) electrons. The van der Waals surface area contributed by atoms with Crippen LogP contribution in [0.5, 0.6) is 0 Å². The Balaban J connectivity index is 1.77. The van der Waals surface area contributed by atoms with Crippen LogP contribution in [-0.2, 0) is 9.59 Å². The number of carbonyl (C=O) groups is 3. The Morgan fingerprint density at radius 1 is 1.08 bits per heavy atom. The van der Waals surface area contributed by atoms with E-state index in [4.69, 9.17) is 34.8 Å². The van der Waals surface area contributed by atoms with Gasteiger partial charge in [0.25, 0.3) is 5.91 Å². The van der Waals surface area contributed by atoms with E-state index in [1.807, 2.05) is 0 Å². The highest BCUT2D eigenvalue weighted by Crippen LogP contribution is 2.53. The molecule has 1 fully saturated rings. The third kappa shape index (κ3) is 6.93. The fraction of sp³-hybridized carbons (Fsp3) is 0.286. The zero-order valence-corrected chi connectivity index (χ0v) is 21.0.